The quantitative estimate of drug-likeness (QED) is 0.615. The van der Waals surface area contributed by atoms with Gasteiger partial charge >= 0.3 is 6.18 Å². The van der Waals surface area contributed by atoms with Gasteiger partial charge in [0.05, 0.1) is 29.9 Å². The smallest absolute Gasteiger partial charge is 0.344 e. The van der Waals surface area contributed by atoms with Crippen LogP contribution in [-0.2, 0) is 6.18 Å². The Kier molecular flexibility index (Phi) is 4.94. The minimum atomic E-state index is -4.79. The van der Waals surface area contributed by atoms with E-state index in [2.05, 4.69) is 25.5 Å². The van der Waals surface area contributed by atoms with Crippen LogP contribution in [0.4, 0.5) is 22.0 Å². The first-order valence-corrected chi connectivity index (χ1v) is 9.15. The van der Waals surface area contributed by atoms with Gasteiger partial charge in [0.1, 0.15) is 5.69 Å². The maximum atomic E-state index is 13.4. The molecule has 1 amide bonds. The van der Waals surface area contributed by atoms with Crippen molar-refractivity contribution in [2.45, 2.75) is 37.4 Å². The van der Waals surface area contributed by atoms with Crippen molar-refractivity contribution in [3.63, 3.8) is 0 Å². The highest BCUT2D eigenvalue weighted by Crippen LogP contribution is 2.56. The molecule has 2 aromatic heterocycles. The summed E-state index contributed by atoms with van der Waals surface area (Å²) in [6.45, 7) is 1.55. The second-order valence-electron chi connectivity index (χ2n) is 7.14. The Morgan fingerprint density at radius 2 is 1.77 bits per heavy atom. The van der Waals surface area contributed by atoms with Gasteiger partial charge in [-0.05, 0) is 30.7 Å². The van der Waals surface area contributed by atoms with Crippen molar-refractivity contribution in [1.82, 2.24) is 30.3 Å². The van der Waals surface area contributed by atoms with Crippen LogP contribution >= 0.6 is 0 Å². The molecule has 162 valence electrons. The van der Waals surface area contributed by atoms with E-state index in [1.807, 2.05) is 0 Å². The first kappa shape index (κ1) is 20.8. The highest BCUT2D eigenvalue weighted by molar-refractivity contribution is 5.95. The number of carbonyl (C=O) groups is 1. The number of hydrogen-bond acceptors (Lipinski definition) is 5. The van der Waals surface area contributed by atoms with E-state index in [-0.39, 0.29) is 22.6 Å². The Morgan fingerprint density at radius 3 is 2.39 bits per heavy atom. The summed E-state index contributed by atoms with van der Waals surface area (Å²) >= 11 is 0. The van der Waals surface area contributed by atoms with E-state index in [9.17, 15) is 26.7 Å². The fraction of sp³-hybridized carbons (Fsp3) is 0.316. The van der Waals surface area contributed by atoms with Gasteiger partial charge in [-0.25, -0.2) is 13.8 Å². The summed E-state index contributed by atoms with van der Waals surface area (Å²) in [5.74, 6) is -5.05. The molecule has 12 heteroatoms. The van der Waals surface area contributed by atoms with E-state index in [0.717, 1.165) is 6.07 Å². The SMILES string of the molecule is CC(NC(=O)c1cc(C2CC2(F)F)cc(C(F)(F)F)c1)c1nccnc1-n1nccn1. The molecule has 1 aliphatic rings. The van der Waals surface area contributed by atoms with Crippen LogP contribution < -0.4 is 5.32 Å². The average molecular weight is 438 g/mol. The van der Waals surface area contributed by atoms with Crippen LogP contribution in [0.25, 0.3) is 5.82 Å². The minimum absolute atomic E-state index is 0.224. The number of amides is 1. The van der Waals surface area contributed by atoms with E-state index in [1.165, 1.54) is 29.6 Å². The molecule has 0 spiro atoms. The Labute approximate surface area is 172 Å². The van der Waals surface area contributed by atoms with Gasteiger partial charge in [-0.2, -0.15) is 23.4 Å². The van der Waals surface area contributed by atoms with Crippen LogP contribution in [0.15, 0.2) is 43.0 Å². The summed E-state index contributed by atoms with van der Waals surface area (Å²) in [7, 11) is 0. The lowest BCUT2D eigenvalue weighted by molar-refractivity contribution is -0.137. The summed E-state index contributed by atoms with van der Waals surface area (Å²) in [5.41, 5.74) is -1.49. The number of nitrogens with one attached hydrogen (secondary N) is 1. The second kappa shape index (κ2) is 7.36. The molecule has 2 atom stereocenters. The minimum Gasteiger partial charge on any atom is -0.344 e. The van der Waals surface area contributed by atoms with Gasteiger partial charge < -0.3 is 5.32 Å². The molecule has 1 N–H and O–H groups in total. The fourth-order valence-electron chi connectivity index (χ4n) is 3.20. The summed E-state index contributed by atoms with van der Waals surface area (Å²) < 4.78 is 66.7. The maximum absolute atomic E-state index is 13.4. The molecule has 7 nitrogen and oxygen atoms in total. The molecular formula is C19H15F5N6O. The van der Waals surface area contributed by atoms with Gasteiger partial charge in [0.2, 0.25) is 0 Å². The Hall–Kier alpha value is -3.44. The van der Waals surface area contributed by atoms with Crippen molar-refractivity contribution in [1.29, 1.82) is 0 Å². The zero-order valence-corrected chi connectivity index (χ0v) is 15.9. The third-order valence-corrected chi connectivity index (χ3v) is 4.85. The van der Waals surface area contributed by atoms with Crippen LogP contribution in [0.5, 0.6) is 0 Å². The first-order chi connectivity index (χ1) is 14.6. The van der Waals surface area contributed by atoms with E-state index < -0.39 is 42.0 Å². The lowest BCUT2D eigenvalue weighted by Crippen LogP contribution is -2.29. The molecule has 1 aromatic carbocycles. The van der Waals surface area contributed by atoms with Crippen molar-refractivity contribution in [2.75, 3.05) is 0 Å². The topological polar surface area (TPSA) is 85.6 Å². The molecule has 0 saturated heterocycles. The van der Waals surface area contributed by atoms with Gasteiger partial charge in [0, 0.05) is 24.4 Å². The molecular weight excluding hydrogens is 423 g/mol. The van der Waals surface area contributed by atoms with Crippen LogP contribution in [0.1, 0.15) is 52.5 Å². The van der Waals surface area contributed by atoms with Crippen molar-refractivity contribution in [3.8, 4) is 5.82 Å². The van der Waals surface area contributed by atoms with E-state index in [1.54, 1.807) is 6.92 Å². The van der Waals surface area contributed by atoms with Crippen LogP contribution in [0, 0.1) is 0 Å². The van der Waals surface area contributed by atoms with Gasteiger partial charge in [0.25, 0.3) is 11.8 Å². The molecule has 4 rings (SSSR count). The highest BCUT2D eigenvalue weighted by atomic mass is 19.4. The third kappa shape index (κ3) is 4.23. The normalized spacial score (nSPS) is 18.5. The standard InChI is InChI=1S/C19H15F5N6O/c1-10(15-16(26-3-2-25-15)30-27-4-5-28-30)29-17(31)12-6-11(14-9-18(14,20)21)7-13(8-12)19(22,23)24/h2-8,10,14H,9H2,1H3,(H,29,31). The predicted octanol–water partition coefficient (Wildman–Crippen LogP) is 3.69. The van der Waals surface area contributed by atoms with E-state index >= 15 is 0 Å². The number of hydrogen-bond donors (Lipinski definition) is 1. The number of rotatable bonds is 5. The zero-order valence-electron chi connectivity index (χ0n) is 15.9. The molecule has 1 aliphatic carbocycles. The molecule has 1 fully saturated rings. The molecule has 1 saturated carbocycles. The molecule has 0 aliphatic heterocycles. The van der Waals surface area contributed by atoms with Gasteiger partial charge in [0.15, 0.2) is 5.82 Å². The van der Waals surface area contributed by atoms with Crippen LogP contribution in [0.2, 0.25) is 0 Å². The number of nitrogens with zero attached hydrogens (tertiary/aromatic N) is 5. The first-order valence-electron chi connectivity index (χ1n) is 9.15. The largest absolute Gasteiger partial charge is 0.416 e. The molecule has 31 heavy (non-hydrogen) atoms. The summed E-state index contributed by atoms with van der Waals surface area (Å²) in [4.78, 5) is 22.2. The number of aromatic nitrogens is 5. The Balaban J connectivity index is 1.63. The van der Waals surface area contributed by atoms with Crippen molar-refractivity contribution >= 4 is 5.91 Å². The van der Waals surface area contributed by atoms with Gasteiger partial charge in [-0.1, -0.05) is 0 Å². The van der Waals surface area contributed by atoms with Crippen LogP contribution in [0.3, 0.4) is 0 Å². The maximum Gasteiger partial charge on any atom is 0.416 e. The lowest BCUT2D eigenvalue weighted by atomic mass is 10.0. The average Bonchev–Trinajstić information content (AvgIpc) is 3.11. The number of alkyl halides is 5. The number of benzene rings is 1. The van der Waals surface area contributed by atoms with Crippen molar-refractivity contribution in [3.05, 3.63) is 65.4 Å². The van der Waals surface area contributed by atoms with Crippen molar-refractivity contribution < 1.29 is 26.7 Å². The van der Waals surface area contributed by atoms with Crippen LogP contribution in [-0.4, -0.2) is 36.8 Å². The Morgan fingerprint density at radius 1 is 1.13 bits per heavy atom. The van der Waals surface area contributed by atoms with Gasteiger partial charge in [-0.15, -0.1) is 4.80 Å². The second-order valence-corrected chi connectivity index (χ2v) is 7.14. The molecule has 3 aromatic rings. The highest BCUT2D eigenvalue weighted by Gasteiger charge is 2.58. The molecule has 2 heterocycles. The predicted molar refractivity (Wildman–Crippen MR) is 96.6 cm³/mol. The summed E-state index contributed by atoms with van der Waals surface area (Å²) in [6, 6.07) is 1.58. The monoisotopic (exact) mass is 438 g/mol. The fourth-order valence-corrected chi connectivity index (χ4v) is 3.20. The summed E-state index contributed by atoms with van der Waals surface area (Å²) in [6.07, 6.45) is 0.267. The Bertz CT molecular complexity index is 1120. The number of carbonyl (C=O) groups excluding carboxylic acids is 1. The zero-order chi connectivity index (χ0) is 22.4. The number of halogens is 5. The van der Waals surface area contributed by atoms with E-state index in [4.69, 9.17) is 0 Å². The molecule has 0 bridgehead atoms. The van der Waals surface area contributed by atoms with Crippen molar-refractivity contribution in [2.24, 2.45) is 0 Å². The van der Waals surface area contributed by atoms with Gasteiger partial charge in [-0.3, -0.25) is 9.78 Å². The molecule has 0 radical (unpaired) electrons. The molecule has 2 unspecified atom stereocenters. The van der Waals surface area contributed by atoms with E-state index in [0.29, 0.717) is 12.1 Å². The summed E-state index contributed by atoms with van der Waals surface area (Å²) in [5, 5.41) is 10.4. The lowest BCUT2D eigenvalue weighted by Gasteiger charge is -2.17. The third-order valence-electron chi connectivity index (χ3n) is 4.85.